The van der Waals surface area contributed by atoms with Crippen LogP contribution in [0, 0.1) is 5.41 Å². The molecule has 1 aromatic heterocycles. The summed E-state index contributed by atoms with van der Waals surface area (Å²) in [5.41, 5.74) is 1.04. The monoisotopic (exact) mass is 276 g/mol. The molecule has 1 saturated carbocycles. The first-order valence-corrected chi connectivity index (χ1v) is 7.59. The number of aliphatic hydroxyl groups is 1. The average Bonchev–Trinajstić information content (AvgIpc) is 2.82. The summed E-state index contributed by atoms with van der Waals surface area (Å²) in [6.07, 6.45) is 0.648. The number of rotatable bonds is 3. The van der Waals surface area contributed by atoms with Gasteiger partial charge >= 0.3 is 0 Å². The van der Waals surface area contributed by atoms with E-state index < -0.39 is 0 Å². The second-order valence-corrected chi connectivity index (χ2v) is 7.10. The number of hydrogen-bond donors (Lipinski definition) is 2. The van der Waals surface area contributed by atoms with Crippen molar-refractivity contribution in [2.24, 2.45) is 5.41 Å². The van der Waals surface area contributed by atoms with Crippen LogP contribution >= 0.6 is 11.3 Å². The maximum absolute atomic E-state index is 9.79. The summed E-state index contributed by atoms with van der Waals surface area (Å²) >= 11 is 1.75. The van der Waals surface area contributed by atoms with Gasteiger partial charge in [-0.3, -0.25) is 0 Å². The van der Waals surface area contributed by atoms with Crippen LogP contribution in [0.2, 0.25) is 0 Å². The molecule has 3 unspecified atom stereocenters. The van der Waals surface area contributed by atoms with Crippen LogP contribution in [0.1, 0.15) is 38.2 Å². The topological polar surface area (TPSA) is 45.1 Å². The van der Waals surface area contributed by atoms with Crippen LogP contribution in [0.25, 0.3) is 10.2 Å². The molecular formula is C15H20N2OS. The molecule has 2 aromatic rings. The lowest BCUT2D eigenvalue weighted by atomic mass is 9.64. The smallest absolute Gasteiger partial charge is 0.111 e. The Labute approximate surface area is 117 Å². The Bertz CT molecular complexity index is 560. The van der Waals surface area contributed by atoms with Gasteiger partial charge in [0.2, 0.25) is 0 Å². The van der Waals surface area contributed by atoms with E-state index in [1.54, 1.807) is 11.3 Å². The van der Waals surface area contributed by atoms with E-state index in [1.807, 2.05) is 12.1 Å². The quantitative estimate of drug-likeness (QED) is 0.905. The third-order valence-corrected chi connectivity index (χ3v) is 5.57. The van der Waals surface area contributed by atoms with E-state index >= 15 is 0 Å². The van der Waals surface area contributed by atoms with Crippen LogP contribution in [-0.4, -0.2) is 22.2 Å². The SMILES string of the molecule is CC(NC1CC(O)C1(C)C)c1nc2ccccc2s1. The minimum atomic E-state index is -0.187. The number of para-hydroxylation sites is 1. The Hall–Kier alpha value is -0.970. The molecule has 0 saturated heterocycles. The molecule has 1 heterocycles. The first kappa shape index (κ1) is 13.0. The van der Waals surface area contributed by atoms with Crippen molar-refractivity contribution in [3.05, 3.63) is 29.3 Å². The minimum Gasteiger partial charge on any atom is -0.392 e. The summed E-state index contributed by atoms with van der Waals surface area (Å²) in [4.78, 5) is 4.68. The van der Waals surface area contributed by atoms with E-state index in [1.165, 1.54) is 4.70 Å². The van der Waals surface area contributed by atoms with Crippen LogP contribution in [0.15, 0.2) is 24.3 Å². The van der Waals surface area contributed by atoms with Crippen LogP contribution < -0.4 is 5.32 Å². The third kappa shape index (κ3) is 2.18. The Morgan fingerprint density at radius 3 is 2.79 bits per heavy atom. The highest BCUT2D eigenvalue weighted by molar-refractivity contribution is 7.18. The molecule has 2 N–H and O–H groups in total. The van der Waals surface area contributed by atoms with Gasteiger partial charge in [0.05, 0.1) is 22.4 Å². The molecule has 0 amide bonds. The van der Waals surface area contributed by atoms with Crippen molar-refractivity contribution >= 4 is 21.6 Å². The first-order chi connectivity index (χ1) is 8.98. The summed E-state index contributed by atoms with van der Waals surface area (Å²) in [5.74, 6) is 0. The van der Waals surface area contributed by atoms with Crippen molar-refractivity contribution in [3.8, 4) is 0 Å². The molecule has 3 rings (SSSR count). The molecule has 0 radical (unpaired) electrons. The molecule has 1 aliphatic carbocycles. The third-order valence-electron chi connectivity index (χ3n) is 4.35. The zero-order valence-corrected chi connectivity index (χ0v) is 12.4. The van der Waals surface area contributed by atoms with Crippen molar-refractivity contribution in [2.75, 3.05) is 0 Å². The van der Waals surface area contributed by atoms with Crippen molar-refractivity contribution in [1.82, 2.24) is 10.3 Å². The highest BCUT2D eigenvalue weighted by Gasteiger charge is 2.47. The Balaban J connectivity index is 1.75. The van der Waals surface area contributed by atoms with Crippen molar-refractivity contribution in [3.63, 3.8) is 0 Å². The maximum atomic E-state index is 9.79. The molecule has 19 heavy (non-hydrogen) atoms. The van der Waals surface area contributed by atoms with Gasteiger partial charge in [-0.25, -0.2) is 4.98 Å². The molecule has 0 bridgehead atoms. The van der Waals surface area contributed by atoms with E-state index in [-0.39, 0.29) is 17.6 Å². The average molecular weight is 276 g/mol. The molecule has 1 aliphatic rings. The van der Waals surface area contributed by atoms with Crippen molar-refractivity contribution < 1.29 is 5.11 Å². The van der Waals surface area contributed by atoms with Crippen molar-refractivity contribution in [2.45, 2.75) is 45.4 Å². The second-order valence-electron chi connectivity index (χ2n) is 6.03. The normalized spacial score (nSPS) is 27.2. The number of benzene rings is 1. The first-order valence-electron chi connectivity index (χ1n) is 6.78. The standard InChI is InChI=1S/C15H20N2OS/c1-9(16-12-8-13(18)15(12,2)3)14-17-10-6-4-5-7-11(10)19-14/h4-7,9,12-13,16,18H,8H2,1-3H3. The van der Waals surface area contributed by atoms with E-state index in [4.69, 9.17) is 0 Å². The lowest BCUT2D eigenvalue weighted by Crippen LogP contribution is -2.60. The summed E-state index contributed by atoms with van der Waals surface area (Å²) in [6.45, 7) is 6.38. The van der Waals surface area contributed by atoms with Gasteiger partial charge in [-0.05, 0) is 25.5 Å². The summed E-state index contributed by atoms with van der Waals surface area (Å²) in [6, 6.07) is 8.83. The minimum absolute atomic E-state index is 0.0368. The van der Waals surface area contributed by atoms with Crippen LogP contribution in [0.3, 0.4) is 0 Å². The summed E-state index contributed by atoms with van der Waals surface area (Å²) < 4.78 is 1.24. The van der Waals surface area contributed by atoms with E-state index in [9.17, 15) is 5.11 Å². The van der Waals surface area contributed by atoms with Crippen LogP contribution in [0.5, 0.6) is 0 Å². The molecule has 1 aromatic carbocycles. The zero-order valence-electron chi connectivity index (χ0n) is 11.6. The van der Waals surface area contributed by atoms with Gasteiger partial charge in [0, 0.05) is 11.5 Å². The molecule has 0 aliphatic heterocycles. The molecule has 0 spiro atoms. The lowest BCUT2D eigenvalue weighted by Gasteiger charge is -2.50. The molecule has 4 heteroatoms. The van der Waals surface area contributed by atoms with Gasteiger partial charge in [-0.1, -0.05) is 26.0 Å². The number of nitrogens with zero attached hydrogens (tertiary/aromatic N) is 1. The number of thiazole rings is 1. The zero-order chi connectivity index (χ0) is 13.6. The van der Waals surface area contributed by atoms with Gasteiger partial charge in [0.15, 0.2) is 0 Å². The molecule has 3 atom stereocenters. The fourth-order valence-electron chi connectivity index (χ4n) is 2.63. The fraction of sp³-hybridized carbons (Fsp3) is 0.533. The number of hydrogen-bond acceptors (Lipinski definition) is 4. The highest BCUT2D eigenvalue weighted by atomic mass is 32.1. The van der Waals surface area contributed by atoms with Crippen LogP contribution in [-0.2, 0) is 0 Å². The maximum Gasteiger partial charge on any atom is 0.111 e. The molecule has 102 valence electrons. The van der Waals surface area contributed by atoms with Gasteiger partial charge < -0.3 is 10.4 Å². The van der Waals surface area contributed by atoms with E-state index in [2.05, 4.69) is 43.2 Å². The van der Waals surface area contributed by atoms with E-state index in [0.717, 1.165) is 16.9 Å². The van der Waals surface area contributed by atoms with Gasteiger partial charge in [-0.2, -0.15) is 0 Å². The molecular weight excluding hydrogens is 256 g/mol. The number of aliphatic hydroxyl groups excluding tert-OH is 1. The van der Waals surface area contributed by atoms with Gasteiger partial charge in [-0.15, -0.1) is 11.3 Å². The van der Waals surface area contributed by atoms with Gasteiger partial charge in [0.25, 0.3) is 0 Å². The largest absolute Gasteiger partial charge is 0.392 e. The Morgan fingerprint density at radius 1 is 1.42 bits per heavy atom. The Kier molecular flexibility index (Phi) is 3.12. The van der Waals surface area contributed by atoms with E-state index in [0.29, 0.717) is 6.04 Å². The van der Waals surface area contributed by atoms with Crippen LogP contribution in [0.4, 0.5) is 0 Å². The predicted octanol–water partition coefficient (Wildman–Crippen LogP) is 3.11. The Morgan fingerprint density at radius 2 is 2.16 bits per heavy atom. The highest BCUT2D eigenvalue weighted by Crippen LogP contribution is 2.41. The second kappa shape index (κ2) is 4.54. The predicted molar refractivity (Wildman–Crippen MR) is 79.4 cm³/mol. The summed E-state index contributed by atoms with van der Waals surface area (Å²) in [5, 5.41) is 14.5. The number of aromatic nitrogens is 1. The van der Waals surface area contributed by atoms with Gasteiger partial charge in [0.1, 0.15) is 5.01 Å². The lowest BCUT2D eigenvalue weighted by molar-refractivity contribution is -0.0754. The molecule has 3 nitrogen and oxygen atoms in total. The number of nitrogens with one attached hydrogen (secondary N) is 1. The number of fused-ring (bicyclic) bond motifs is 1. The fourth-order valence-corrected chi connectivity index (χ4v) is 3.61. The molecule has 1 fully saturated rings. The van der Waals surface area contributed by atoms with Crippen molar-refractivity contribution in [1.29, 1.82) is 0 Å². The summed E-state index contributed by atoms with van der Waals surface area (Å²) in [7, 11) is 0.